The molecule has 0 heterocycles. The van der Waals surface area contributed by atoms with Crippen molar-refractivity contribution in [2.75, 3.05) is 17.1 Å². The number of halogens is 2. The van der Waals surface area contributed by atoms with E-state index in [-0.39, 0.29) is 18.7 Å². The monoisotopic (exact) mass is 571 g/mol. The second kappa shape index (κ2) is 12.6. The molecule has 0 saturated heterocycles. The van der Waals surface area contributed by atoms with Gasteiger partial charge in [0, 0.05) is 24.6 Å². The fraction of sp³-hybridized carbons (Fsp3) is 0.333. The van der Waals surface area contributed by atoms with E-state index in [0.29, 0.717) is 4.31 Å². The molecule has 0 aliphatic heterocycles. The Hall–Kier alpha value is -3.79. The van der Waals surface area contributed by atoms with Crippen LogP contribution in [0.1, 0.15) is 37.5 Å². The number of benzene rings is 3. The molecule has 2 amide bonds. The number of rotatable bonds is 10. The zero-order valence-electron chi connectivity index (χ0n) is 23.3. The summed E-state index contributed by atoms with van der Waals surface area (Å²) in [5, 5.41) is 2.95. The van der Waals surface area contributed by atoms with E-state index in [1.54, 1.807) is 0 Å². The molecule has 0 bridgehead atoms. The lowest BCUT2D eigenvalue weighted by atomic mass is 10.00. The quantitative estimate of drug-likeness (QED) is 0.386. The van der Waals surface area contributed by atoms with Gasteiger partial charge in [-0.05, 0) is 56.5 Å². The number of sulfonamides is 1. The number of carbonyl (C=O) groups is 2. The van der Waals surface area contributed by atoms with Crippen LogP contribution in [0.3, 0.4) is 0 Å². The van der Waals surface area contributed by atoms with Gasteiger partial charge < -0.3 is 10.2 Å². The fourth-order valence-electron chi connectivity index (χ4n) is 4.23. The number of nitrogens with zero attached hydrogens (tertiary/aromatic N) is 2. The maximum absolute atomic E-state index is 14.0. The van der Waals surface area contributed by atoms with Gasteiger partial charge in [-0.2, -0.15) is 0 Å². The van der Waals surface area contributed by atoms with Gasteiger partial charge in [0.1, 0.15) is 12.6 Å². The highest BCUT2D eigenvalue weighted by Crippen LogP contribution is 2.23. The van der Waals surface area contributed by atoms with Crippen LogP contribution < -0.4 is 9.62 Å². The topological polar surface area (TPSA) is 86.8 Å². The van der Waals surface area contributed by atoms with Gasteiger partial charge in [-0.15, -0.1) is 0 Å². The molecule has 3 aromatic carbocycles. The van der Waals surface area contributed by atoms with Crippen molar-refractivity contribution < 1.29 is 26.8 Å². The van der Waals surface area contributed by atoms with Crippen LogP contribution in [0, 0.1) is 18.6 Å². The van der Waals surface area contributed by atoms with E-state index in [4.69, 9.17) is 0 Å². The van der Waals surface area contributed by atoms with Gasteiger partial charge in [0.15, 0.2) is 11.6 Å². The molecule has 1 N–H and O–H groups in total. The van der Waals surface area contributed by atoms with Crippen molar-refractivity contribution >= 4 is 27.5 Å². The molecule has 0 aliphatic carbocycles. The van der Waals surface area contributed by atoms with E-state index in [9.17, 15) is 26.8 Å². The van der Waals surface area contributed by atoms with Crippen LogP contribution >= 0.6 is 0 Å². The summed E-state index contributed by atoms with van der Waals surface area (Å²) in [6.07, 6.45) is 1.05. The van der Waals surface area contributed by atoms with Gasteiger partial charge in [-0.25, -0.2) is 17.2 Å². The van der Waals surface area contributed by atoms with Crippen molar-refractivity contribution in [2.24, 2.45) is 0 Å². The third-order valence-corrected chi connectivity index (χ3v) is 7.38. The lowest BCUT2D eigenvalue weighted by Gasteiger charge is -2.35. The third-order valence-electron chi connectivity index (χ3n) is 6.24. The first-order valence-corrected chi connectivity index (χ1v) is 14.6. The molecule has 1 atom stereocenters. The molecular formula is C30H35F2N3O4S. The van der Waals surface area contributed by atoms with Crippen molar-refractivity contribution in [3.8, 4) is 0 Å². The first kappa shape index (κ1) is 30.7. The van der Waals surface area contributed by atoms with E-state index >= 15 is 0 Å². The van der Waals surface area contributed by atoms with Gasteiger partial charge in [0.05, 0.1) is 11.9 Å². The number of anilines is 1. The van der Waals surface area contributed by atoms with Crippen LogP contribution in [0.4, 0.5) is 14.5 Å². The smallest absolute Gasteiger partial charge is 0.244 e. The first-order chi connectivity index (χ1) is 18.7. The summed E-state index contributed by atoms with van der Waals surface area (Å²) in [7, 11) is -4.09. The van der Waals surface area contributed by atoms with Gasteiger partial charge >= 0.3 is 0 Å². The predicted octanol–water partition coefficient (Wildman–Crippen LogP) is 4.59. The van der Waals surface area contributed by atoms with E-state index in [0.717, 1.165) is 41.1 Å². The zero-order valence-corrected chi connectivity index (χ0v) is 24.1. The summed E-state index contributed by atoms with van der Waals surface area (Å²) in [5.41, 5.74) is 1.66. The molecule has 214 valence electrons. The maximum atomic E-state index is 14.0. The molecule has 40 heavy (non-hydrogen) atoms. The molecule has 0 saturated carbocycles. The summed E-state index contributed by atoms with van der Waals surface area (Å²) >= 11 is 0. The van der Waals surface area contributed by atoms with Crippen LogP contribution in [0.15, 0.2) is 72.8 Å². The molecule has 0 fully saturated rings. The molecule has 0 aromatic heterocycles. The highest BCUT2D eigenvalue weighted by Gasteiger charge is 2.34. The number of amides is 2. The number of hydrogen-bond donors (Lipinski definition) is 1. The Bertz CT molecular complexity index is 1460. The minimum atomic E-state index is -4.09. The highest BCUT2D eigenvalue weighted by molar-refractivity contribution is 7.92. The van der Waals surface area contributed by atoms with Gasteiger partial charge in [-0.1, -0.05) is 54.6 Å². The summed E-state index contributed by atoms with van der Waals surface area (Å²) in [6, 6.07) is 18.2. The van der Waals surface area contributed by atoms with Crippen LogP contribution in [0.2, 0.25) is 0 Å². The average Bonchev–Trinajstić information content (AvgIpc) is 2.86. The SMILES string of the molecule is Cc1ccccc1CN(C(=O)CN(c1ccc(F)c(F)c1)S(C)(=O)=O)C(Cc1ccccc1)C(=O)NC(C)(C)C. The largest absolute Gasteiger partial charge is 0.350 e. The number of carbonyl (C=O) groups excluding carboxylic acids is 2. The number of hydrogen-bond acceptors (Lipinski definition) is 4. The Labute approximate surface area is 234 Å². The van der Waals surface area contributed by atoms with Crippen molar-refractivity contribution in [1.29, 1.82) is 0 Å². The summed E-state index contributed by atoms with van der Waals surface area (Å²) in [4.78, 5) is 29.1. The normalized spacial score (nSPS) is 12.5. The number of aryl methyl sites for hydroxylation is 1. The lowest BCUT2D eigenvalue weighted by Crippen LogP contribution is -2.56. The summed E-state index contributed by atoms with van der Waals surface area (Å²) in [5.74, 6) is -3.48. The van der Waals surface area contributed by atoms with E-state index in [2.05, 4.69) is 5.32 Å². The minimum Gasteiger partial charge on any atom is -0.350 e. The predicted molar refractivity (Wildman–Crippen MR) is 152 cm³/mol. The van der Waals surface area contributed by atoms with Crippen LogP contribution in [0.25, 0.3) is 0 Å². The van der Waals surface area contributed by atoms with E-state index in [1.165, 1.54) is 4.90 Å². The minimum absolute atomic E-state index is 0.0238. The second-order valence-electron chi connectivity index (χ2n) is 10.8. The molecule has 3 rings (SSSR count). The Morgan fingerprint density at radius 2 is 1.55 bits per heavy atom. The second-order valence-corrected chi connectivity index (χ2v) is 12.7. The molecule has 0 aliphatic rings. The van der Waals surface area contributed by atoms with Crippen molar-refractivity contribution in [3.63, 3.8) is 0 Å². The third kappa shape index (κ3) is 8.35. The first-order valence-electron chi connectivity index (χ1n) is 12.8. The van der Waals surface area contributed by atoms with E-state index < -0.39 is 51.6 Å². The average molecular weight is 572 g/mol. The summed E-state index contributed by atoms with van der Waals surface area (Å²) < 4.78 is 53.8. The molecule has 1 unspecified atom stereocenters. The molecule has 0 radical (unpaired) electrons. The standard InChI is InChI=1S/C30H35F2N3O4S/c1-21-11-9-10-14-23(21)19-34(27(29(37)33-30(2,3)4)17-22-12-7-6-8-13-22)28(36)20-35(40(5,38)39)24-15-16-25(31)26(32)18-24/h6-16,18,27H,17,19-20H2,1-5H3,(H,33,37). The van der Waals surface area contributed by atoms with Crippen LogP contribution in [0.5, 0.6) is 0 Å². The van der Waals surface area contributed by atoms with Crippen LogP contribution in [-0.2, 0) is 32.6 Å². The fourth-order valence-corrected chi connectivity index (χ4v) is 5.07. The van der Waals surface area contributed by atoms with E-state index in [1.807, 2.05) is 82.3 Å². The molecule has 7 nitrogen and oxygen atoms in total. The lowest BCUT2D eigenvalue weighted by molar-refractivity contribution is -0.140. The number of nitrogens with one attached hydrogen (secondary N) is 1. The highest BCUT2D eigenvalue weighted by atomic mass is 32.2. The van der Waals surface area contributed by atoms with Crippen molar-refractivity contribution in [3.05, 3.63) is 101 Å². The maximum Gasteiger partial charge on any atom is 0.244 e. The molecule has 3 aromatic rings. The Morgan fingerprint density at radius 1 is 0.925 bits per heavy atom. The van der Waals surface area contributed by atoms with Crippen molar-refractivity contribution in [2.45, 2.75) is 52.2 Å². The van der Waals surface area contributed by atoms with Crippen molar-refractivity contribution in [1.82, 2.24) is 10.2 Å². The molecule has 0 spiro atoms. The van der Waals surface area contributed by atoms with Crippen LogP contribution in [-0.4, -0.2) is 49.5 Å². The van der Waals surface area contributed by atoms with Gasteiger partial charge in [0.2, 0.25) is 21.8 Å². The Balaban J connectivity index is 2.10. The van der Waals surface area contributed by atoms with Gasteiger partial charge in [0.25, 0.3) is 0 Å². The summed E-state index contributed by atoms with van der Waals surface area (Å²) in [6.45, 7) is 6.66. The Kier molecular flexibility index (Phi) is 9.68. The Morgan fingerprint density at radius 3 is 2.12 bits per heavy atom. The zero-order chi connectivity index (χ0) is 29.7. The van der Waals surface area contributed by atoms with Gasteiger partial charge in [-0.3, -0.25) is 13.9 Å². The molecule has 10 heteroatoms. The molecular weight excluding hydrogens is 536 g/mol.